The topological polar surface area (TPSA) is 105 Å². The number of carbonyl (C=O) groups excluding carboxylic acids is 1. The Bertz CT molecular complexity index is 952. The van der Waals surface area contributed by atoms with Crippen molar-refractivity contribution in [1.29, 1.82) is 5.26 Å². The highest BCUT2D eigenvalue weighted by Crippen LogP contribution is 2.16. The minimum Gasteiger partial charge on any atom is -0.355 e. The van der Waals surface area contributed by atoms with Gasteiger partial charge >= 0.3 is 0 Å². The van der Waals surface area contributed by atoms with Gasteiger partial charge in [0.25, 0.3) is 0 Å². The molecule has 0 aliphatic carbocycles. The van der Waals surface area contributed by atoms with Crippen molar-refractivity contribution in [1.82, 2.24) is 20.4 Å². The molecule has 0 aliphatic heterocycles. The molecule has 0 saturated heterocycles. The van der Waals surface area contributed by atoms with Crippen LogP contribution in [0.3, 0.4) is 0 Å². The molecular weight excluding hydrogens is 374 g/mol. The number of aromatic nitrogens is 3. The summed E-state index contributed by atoms with van der Waals surface area (Å²) >= 11 is 1.68. The van der Waals surface area contributed by atoms with E-state index in [4.69, 9.17) is 9.78 Å². The SMILES string of the molecule is N#Cc1ccccc1CSCCNC(=O)CCc1nc(-c2ccncc2)no1. The van der Waals surface area contributed by atoms with E-state index in [0.29, 0.717) is 36.7 Å². The summed E-state index contributed by atoms with van der Waals surface area (Å²) < 4.78 is 5.19. The number of nitriles is 1. The Balaban J connectivity index is 1.34. The Hall–Kier alpha value is -3.18. The van der Waals surface area contributed by atoms with Crippen LogP contribution in [0.15, 0.2) is 53.3 Å². The number of benzene rings is 1. The lowest BCUT2D eigenvalue weighted by atomic mass is 10.1. The number of pyridine rings is 1. The first-order valence-electron chi connectivity index (χ1n) is 8.81. The van der Waals surface area contributed by atoms with Crippen LogP contribution in [-0.4, -0.2) is 33.3 Å². The van der Waals surface area contributed by atoms with E-state index in [1.54, 1.807) is 36.3 Å². The first kappa shape index (κ1) is 19.6. The van der Waals surface area contributed by atoms with Crippen LogP contribution >= 0.6 is 11.8 Å². The van der Waals surface area contributed by atoms with Gasteiger partial charge in [0.1, 0.15) is 0 Å². The molecule has 3 rings (SSSR count). The number of nitrogens with zero attached hydrogens (tertiary/aromatic N) is 4. The zero-order valence-electron chi connectivity index (χ0n) is 15.2. The Morgan fingerprint density at radius 1 is 1.21 bits per heavy atom. The molecule has 2 heterocycles. The van der Waals surface area contributed by atoms with E-state index < -0.39 is 0 Å². The van der Waals surface area contributed by atoms with Crippen LogP contribution in [0.2, 0.25) is 0 Å². The zero-order chi connectivity index (χ0) is 19.6. The van der Waals surface area contributed by atoms with Gasteiger partial charge in [0.2, 0.25) is 17.6 Å². The van der Waals surface area contributed by atoms with E-state index in [0.717, 1.165) is 22.6 Å². The molecule has 8 heteroatoms. The average Bonchev–Trinajstić information content (AvgIpc) is 3.22. The number of nitrogens with one attached hydrogen (secondary N) is 1. The maximum Gasteiger partial charge on any atom is 0.227 e. The zero-order valence-corrected chi connectivity index (χ0v) is 16.0. The Morgan fingerprint density at radius 3 is 2.86 bits per heavy atom. The van der Waals surface area contributed by atoms with Crippen molar-refractivity contribution in [2.45, 2.75) is 18.6 Å². The normalized spacial score (nSPS) is 10.4. The molecule has 1 N–H and O–H groups in total. The maximum atomic E-state index is 12.0. The Labute approximate surface area is 167 Å². The van der Waals surface area contributed by atoms with Crippen molar-refractivity contribution in [2.24, 2.45) is 0 Å². The van der Waals surface area contributed by atoms with Crippen LogP contribution in [0.4, 0.5) is 0 Å². The van der Waals surface area contributed by atoms with Gasteiger partial charge in [0, 0.05) is 48.8 Å². The van der Waals surface area contributed by atoms with Gasteiger partial charge in [0.15, 0.2) is 0 Å². The summed E-state index contributed by atoms with van der Waals surface area (Å²) in [5, 5.41) is 15.9. The van der Waals surface area contributed by atoms with Crippen molar-refractivity contribution in [3.63, 3.8) is 0 Å². The number of rotatable bonds is 9. The van der Waals surface area contributed by atoms with E-state index in [1.165, 1.54) is 0 Å². The number of thioether (sulfide) groups is 1. The van der Waals surface area contributed by atoms with Gasteiger partial charge in [-0.25, -0.2) is 0 Å². The minimum atomic E-state index is -0.0540. The highest BCUT2D eigenvalue weighted by Gasteiger charge is 2.10. The van der Waals surface area contributed by atoms with Gasteiger partial charge in [-0.1, -0.05) is 23.4 Å². The fraction of sp³-hybridized carbons (Fsp3) is 0.250. The molecule has 28 heavy (non-hydrogen) atoms. The molecule has 0 aliphatic rings. The van der Waals surface area contributed by atoms with Crippen LogP contribution < -0.4 is 5.32 Å². The van der Waals surface area contributed by atoms with E-state index in [2.05, 4.69) is 26.5 Å². The smallest absolute Gasteiger partial charge is 0.227 e. The van der Waals surface area contributed by atoms with Crippen LogP contribution in [0.5, 0.6) is 0 Å². The molecule has 142 valence electrons. The van der Waals surface area contributed by atoms with Crippen molar-refractivity contribution in [2.75, 3.05) is 12.3 Å². The van der Waals surface area contributed by atoms with Crippen LogP contribution in [-0.2, 0) is 17.0 Å². The van der Waals surface area contributed by atoms with Gasteiger partial charge in [-0.3, -0.25) is 9.78 Å². The molecule has 3 aromatic rings. The molecule has 0 spiro atoms. The van der Waals surface area contributed by atoms with Gasteiger partial charge in [0.05, 0.1) is 11.6 Å². The third-order valence-electron chi connectivity index (χ3n) is 3.94. The van der Waals surface area contributed by atoms with Gasteiger partial charge in [-0.15, -0.1) is 0 Å². The highest BCUT2D eigenvalue weighted by molar-refractivity contribution is 7.98. The molecule has 1 aromatic carbocycles. The van der Waals surface area contributed by atoms with Crippen LogP contribution in [0.1, 0.15) is 23.4 Å². The molecule has 0 unspecified atom stereocenters. The monoisotopic (exact) mass is 393 g/mol. The molecular formula is C20H19N5O2S. The third kappa shape index (κ3) is 5.66. The predicted molar refractivity (Wildman–Crippen MR) is 106 cm³/mol. The van der Waals surface area contributed by atoms with E-state index in [-0.39, 0.29) is 5.91 Å². The number of carbonyl (C=O) groups is 1. The standard InChI is InChI=1S/C20H19N5O2S/c21-13-16-3-1-2-4-17(16)14-28-12-11-23-18(26)5-6-19-24-20(25-27-19)15-7-9-22-10-8-15/h1-4,7-10H,5-6,11-12,14H2,(H,23,26). The second-order valence-electron chi connectivity index (χ2n) is 5.92. The van der Waals surface area contributed by atoms with Crippen LogP contribution in [0, 0.1) is 11.3 Å². The van der Waals surface area contributed by atoms with Gasteiger partial charge in [-0.05, 0) is 23.8 Å². The summed E-state index contributed by atoms with van der Waals surface area (Å²) in [6, 6.07) is 13.3. The Morgan fingerprint density at radius 2 is 2.04 bits per heavy atom. The lowest BCUT2D eigenvalue weighted by Crippen LogP contribution is -2.26. The summed E-state index contributed by atoms with van der Waals surface area (Å²) in [6.45, 7) is 0.574. The van der Waals surface area contributed by atoms with Crippen molar-refractivity contribution in [3.8, 4) is 17.5 Å². The predicted octanol–water partition coefficient (Wildman–Crippen LogP) is 2.99. The van der Waals surface area contributed by atoms with Crippen LogP contribution in [0.25, 0.3) is 11.4 Å². The summed E-state index contributed by atoms with van der Waals surface area (Å²) in [5.74, 6) is 2.40. The number of aryl methyl sites for hydroxylation is 1. The molecule has 1 amide bonds. The average molecular weight is 393 g/mol. The first-order chi connectivity index (χ1) is 13.8. The maximum absolute atomic E-state index is 12.0. The van der Waals surface area contributed by atoms with Crippen molar-refractivity contribution in [3.05, 3.63) is 65.8 Å². The Kier molecular flexibility index (Phi) is 7.15. The highest BCUT2D eigenvalue weighted by atomic mass is 32.2. The van der Waals surface area contributed by atoms with Crippen molar-refractivity contribution >= 4 is 17.7 Å². The van der Waals surface area contributed by atoms with Crippen molar-refractivity contribution < 1.29 is 9.32 Å². The fourth-order valence-corrected chi connectivity index (χ4v) is 3.35. The molecule has 0 fully saturated rings. The number of amides is 1. The summed E-state index contributed by atoms with van der Waals surface area (Å²) in [7, 11) is 0. The van der Waals surface area contributed by atoms with Gasteiger partial charge < -0.3 is 9.84 Å². The number of hydrogen-bond acceptors (Lipinski definition) is 7. The lowest BCUT2D eigenvalue weighted by Gasteiger charge is -2.05. The number of hydrogen-bond donors (Lipinski definition) is 1. The molecule has 7 nitrogen and oxygen atoms in total. The van der Waals surface area contributed by atoms with Gasteiger partial charge in [-0.2, -0.15) is 22.0 Å². The van der Waals surface area contributed by atoms with E-state index in [9.17, 15) is 4.79 Å². The summed E-state index contributed by atoms with van der Waals surface area (Å²) in [6.07, 6.45) is 4.01. The van der Waals surface area contributed by atoms with E-state index in [1.807, 2.05) is 24.3 Å². The fourth-order valence-electron chi connectivity index (χ4n) is 2.48. The van der Waals surface area contributed by atoms with E-state index >= 15 is 0 Å². The quantitative estimate of drug-likeness (QED) is 0.557. The second kappa shape index (κ2) is 10.2. The lowest BCUT2D eigenvalue weighted by molar-refractivity contribution is -0.121. The second-order valence-corrected chi connectivity index (χ2v) is 7.02. The molecule has 0 bridgehead atoms. The molecule has 0 atom stereocenters. The molecule has 2 aromatic heterocycles. The molecule has 0 saturated carbocycles. The summed E-state index contributed by atoms with van der Waals surface area (Å²) in [4.78, 5) is 20.2. The third-order valence-corrected chi connectivity index (χ3v) is 4.94. The summed E-state index contributed by atoms with van der Waals surface area (Å²) in [5.41, 5.74) is 2.54. The molecule has 0 radical (unpaired) electrons. The first-order valence-corrected chi connectivity index (χ1v) is 9.97. The minimum absolute atomic E-state index is 0.0540. The largest absolute Gasteiger partial charge is 0.355 e.